The maximum atomic E-state index is 14.4. The summed E-state index contributed by atoms with van der Waals surface area (Å²) in [5, 5.41) is 11.8. The Balaban J connectivity index is 1.53. The summed E-state index contributed by atoms with van der Waals surface area (Å²) in [5.74, 6) is -12.7. The van der Waals surface area contributed by atoms with Gasteiger partial charge in [0.15, 0.2) is 29.6 Å². The van der Waals surface area contributed by atoms with Crippen molar-refractivity contribution in [2.24, 2.45) is 0 Å². The van der Waals surface area contributed by atoms with Gasteiger partial charge in [-0.3, -0.25) is 4.79 Å². The van der Waals surface area contributed by atoms with E-state index in [1.54, 1.807) is 12.1 Å². The molecular formula is C41H53F5N2O4. The number of amides is 1. The third kappa shape index (κ3) is 11.8. The summed E-state index contributed by atoms with van der Waals surface area (Å²) in [6, 6.07) is 13.7. The third-order valence-corrected chi connectivity index (χ3v) is 9.59. The number of rotatable bonds is 21. The van der Waals surface area contributed by atoms with E-state index in [1.807, 2.05) is 24.3 Å². The summed E-state index contributed by atoms with van der Waals surface area (Å²) in [7, 11) is 0. The molecule has 2 N–H and O–H groups in total. The number of aliphatic hydroxyl groups is 1. The van der Waals surface area contributed by atoms with Gasteiger partial charge in [-0.1, -0.05) is 114 Å². The molecule has 4 rings (SSSR count). The third-order valence-electron chi connectivity index (χ3n) is 9.59. The molecule has 0 radical (unpaired) electrons. The minimum absolute atomic E-state index is 0.0531. The Kier molecular flexibility index (Phi) is 17.0. The number of carbonyl (C=O) groups excluding carboxylic acids is 1. The van der Waals surface area contributed by atoms with Gasteiger partial charge < -0.3 is 24.8 Å². The molecule has 1 heterocycles. The highest BCUT2D eigenvalue weighted by atomic mass is 19.2. The number of halogens is 5. The Morgan fingerprint density at radius 3 is 1.87 bits per heavy atom. The van der Waals surface area contributed by atoms with Crippen molar-refractivity contribution in [3.63, 3.8) is 0 Å². The largest absolute Gasteiger partial charge is 0.392 e. The molecule has 1 aliphatic rings. The van der Waals surface area contributed by atoms with Gasteiger partial charge in [-0.25, -0.2) is 22.0 Å². The monoisotopic (exact) mass is 732 g/mol. The molecule has 0 bridgehead atoms. The maximum Gasteiger partial charge on any atom is 0.261 e. The number of nitrogens with zero attached hydrogens (tertiary/aromatic N) is 1. The molecule has 3 unspecified atom stereocenters. The second-order valence-corrected chi connectivity index (χ2v) is 13.7. The van der Waals surface area contributed by atoms with Gasteiger partial charge in [0.05, 0.1) is 18.8 Å². The van der Waals surface area contributed by atoms with Gasteiger partial charge in [-0.2, -0.15) is 0 Å². The first-order valence-electron chi connectivity index (χ1n) is 18.8. The fourth-order valence-corrected chi connectivity index (χ4v) is 6.61. The zero-order valence-electron chi connectivity index (χ0n) is 30.4. The van der Waals surface area contributed by atoms with Gasteiger partial charge in [-0.05, 0) is 49.2 Å². The SMILES string of the molecule is CCCCCCCCN(CCCCCCCC)CC1CC(c2ccc(CO)cc2)OC(c2cccc(NC(=O)c3c(F)c(F)c(F)c(F)c3F)c2)O1. The van der Waals surface area contributed by atoms with Crippen LogP contribution in [-0.4, -0.2) is 41.7 Å². The first-order valence-corrected chi connectivity index (χ1v) is 18.8. The van der Waals surface area contributed by atoms with Crippen LogP contribution in [0.3, 0.4) is 0 Å². The molecule has 0 spiro atoms. The van der Waals surface area contributed by atoms with Crippen LogP contribution in [0.5, 0.6) is 0 Å². The average Bonchev–Trinajstić information content (AvgIpc) is 3.15. The van der Waals surface area contributed by atoms with Crippen molar-refractivity contribution in [3.8, 4) is 0 Å². The number of anilines is 1. The van der Waals surface area contributed by atoms with Crippen molar-refractivity contribution in [1.29, 1.82) is 0 Å². The quantitative estimate of drug-likeness (QED) is 0.0494. The van der Waals surface area contributed by atoms with E-state index in [-0.39, 0.29) is 24.5 Å². The second kappa shape index (κ2) is 21.4. The smallest absolute Gasteiger partial charge is 0.261 e. The number of aliphatic hydroxyl groups excluding tert-OH is 1. The molecule has 1 fully saturated rings. The Morgan fingerprint density at radius 2 is 1.29 bits per heavy atom. The first-order chi connectivity index (χ1) is 25.2. The molecule has 6 nitrogen and oxygen atoms in total. The molecule has 3 atom stereocenters. The number of hydrogen-bond acceptors (Lipinski definition) is 5. The zero-order chi connectivity index (χ0) is 37.5. The van der Waals surface area contributed by atoms with E-state index in [0.717, 1.165) is 37.1 Å². The number of nitrogens with one attached hydrogen (secondary N) is 1. The van der Waals surface area contributed by atoms with Crippen LogP contribution in [0, 0.1) is 29.1 Å². The molecule has 3 aromatic carbocycles. The highest BCUT2D eigenvalue weighted by Gasteiger charge is 2.34. The molecule has 11 heteroatoms. The fraction of sp³-hybridized carbons (Fsp3) is 0.537. The lowest BCUT2D eigenvalue weighted by atomic mass is 9.99. The summed E-state index contributed by atoms with van der Waals surface area (Å²) < 4.78 is 83.0. The fourth-order valence-electron chi connectivity index (χ4n) is 6.61. The minimum atomic E-state index is -2.34. The summed E-state index contributed by atoms with van der Waals surface area (Å²) in [5.41, 5.74) is 0.650. The lowest BCUT2D eigenvalue weighted by Crippen LogP contribution is -2.40. The van der Waals surface area contributed by atoms with E-state index in [4.69, 9.17) is 9.47 Å². The van der Waals surface area contributed by atoms with Crippen LogP contribution in [0.25, 0.3) is 0 Å². The summed E-state index contributed by atoms with van der Waals surface area (Å²) >= 11 is 0. The number of carbonyl (C=O) groups is 1. The summed E-state index contributed by atoms with van der Waals surface area (Å²) in [6.45, 7) is 6.94. The number of hydrogen-bond donors (Lipinski definition) is 2. The van der Waals surface area contributed by atoms with Crippen molar-refractivity contribution >= 4 is 11.6 Å². The summed E-state index contributed by atoms with van der Waals surface area (Å²) in [6.07, 6.45) is 13.5. The van der Waals surface area contributed by atoms with E-state index in [0.29, 0.717) is 18.5 Å². The Labute approximate surface area is 304 Å². The van der Waals surface area contributed by atoms with Gasteiger partial charge in [0.25, 0.3) is 5.91 Å². The van der Waals surface area contributed by atoms with Crippen LogP contribution >= 0.6 is 0 Å². The Hall–Kier alpha value is -3.38. The molecule has 0 aliphatic carbocycles. The minimum Gasteiger partial charge on any atom is -0.392 e. The molecule has 1 amide bonds. The van der Waals surface area contributed by atoms with Crippen LogP contribution in [0.1, 0.15) is 137 Å². The van der Waals surface area contributed by atoms with Crippen molar-refractivity contribution in [3.05, 3.63) is 99.9 Å². The van der Waals surface area contributed by atoms with E-state index in [1.165, 1.54) is 76.3 Å². The van der Waals surface area contributed by atoms with E-state index in [2.05, 4.69) is 24.1 Å². The van der Waals surface area contributed by atoms with Gasteiger partial charge in [0.1, 0.15) is 5.56 Å². The Bertz CT molecular complexity index is 1510. The molecule has 3 aromatic rings. The molecule has 52 heavy (non-hydrogen) atoms. The molecule has 0 saturated carbocycles. The normalized spacial score (nSPS) is 17.5. The van der Waals surface area contributed by atoms with E-state index >= 15 is 0 Å². The van der Waals surface area contributed by atoms with Gasteiger partial charge in [0, 0.05) is 24.2 Å². The van der Waals surface area contributed by atoms with Crippen LogP contribution < -0.4 is 5.32 Å². The van der Waals surface area contributed by atoms with Crippen molar-refractivity contribution < 1.29 is 41.3 Å². The first kappa shape index (κ1) is 41.4. The lowest BCUT2D eigenvalue weighted by molar-refractivity contribution is -0.253. The predicted molar refractivity (Wildman–Crippen MR) is 192 cm³/mol. The highest BCUT2D eigenvalue weighted by molar-refractivity contribution is 6.04. The van der Waals surface area contributed by atoms with Crippen molar-refractivity contribution in [2.45, 2.75) is 122 Å². The number of ether oxygens (including phenoxy) is 2. The van der Waals surface area contributed by atoms with Gasteiger partial charge in [-0.15, -0.1) is 0 Å². The van der Waals surface area contributed by atoms with Crippen LogP contribution in [0.15, 0.2) is 48.5 Å². The van der Waals surface area contributed by atoms with Gasteiger partial charge in [0.2, 0.25) is 5.82 Å². The topological polar surface area (TPSA) is 71.0 Å². The second-order valence-electron chi connectivity index (χ2n) is 13.7. The Morgan fingerprint density at radius 1 is 0.731 bits per heavy atom. The highest BCUT2D eigenvalue weighted by Crippen LogP contribution is 2.39. The molecule has 1 aliphatic heterocycles. The van der Waals surface area contributed by atoms with E-state index in [9.17, 15) is 31.9 Å². The molecule has 0 aromatic heterocycles. The van der Waals surface area contributed by atoms with Crippen LogP contribution in [0.4, 0.5) is 27.6 Å². The summed E-state index contributed by atoms with van der Waals surface area (Å²) in [4.78, 5) is 15.3. The van der Waals surface area contributed by atoms with Crippen LogP contribution in [0.2, 0.25) is 0 Å². The lowest BCUT2D eigenvalue weighted by Gasteiger charge is -2.38. The van der Waals surface area contributed by atoms with Gasteiger partial charge >= 0.3 is 0 Å². The molecular weight excluding hydrogens is 679 g/mol. The van der Waals surface area contributed by atoms with Crippen molar-refractivity contribution in [2.75, 3.05) is 25.0 Å². The molecule has 286 valence electrons. The zero-order valence-corrected chi connectivity index (χ0v) is 30.4. The van der Waals surface area contributed by atoms with Crippen molar-refractivity contribution in [1.82, 2.24) is 4.90 Å². The average molecular weight is 733 g/mol. The van der Waals surface area contributed by atoms with Crippen LogP contribution in [-0.2, 0) is 16.1 Å². The van der Waals surface area contributed by atoms with E-state index < -0.39 is 46.8 Å². The maximum absolute atomic E-state index is 14.4. The standard InChI is InChI=1S/C41H53F5N2O4/c1-3-5-7-9-11-13-22-48(23-14-12-10-8-6-4-2)26-32-25-33(29-20-18-28(27-49)19-21-29)52-41(51-32)30-16-15-17-31(24-30)47-40(50)34-35(42)37(44)39(46)38(45)36(34)43/h15-21,24,32-33,41,49H,3-14,22-23,25-27H2,1-2H3,(H,47,50). The molecule has 1 saturated heterocycles. The number of unbranched alkanes of at least 4 members (excludes halogenated alkanes) is 10. The predicted octanol–water partition coefficient (Wildman–Crippen LogP) is 10.7. The number of benzene rings is 3.